The molecule has 0 unspecified atom stereocenters. The highest BCUT2D eigenvalue weighted by Crippen LogP contribution is 2.33. The first-order valence-corrected chi connectivity index (χ1v) is 12.9. The molecule has 0 bridgehead atoms. The maximum Gasteiger partial charge on any atom is 0.298 e. The van der Waals surface area contributed by atoms with E-state index in [0.717, 1.165) is 12.0 Å². The van der Waals surface area contributed by atoms with E-state index in [9.17, 15) is 9.59 Å². The molecule has 4 aromatic rings. The molecule has 0 aliphatic carbocycles. The van der Waals surface area contributed by atoms with E-state index in [0.29, 0.717) is 47.0 Å². The van der Waals surface area contributed by atoms with Crippen LogP contribution in [0.3, 0.4) is 0 Å². The number of aromatic amines is 1. The Morgan fingerprint density at radius 1 is 1.27 bits per heavy atom. The van der Waals surface area contributed by atoms with Crippen LogP contribution in [-0.2, 0) is 16.8 Å². The van der Waals surface area contributed by atoms with E-state index in [4.69, 9.17) is 4.52 Å². The van der Waals surface area contributed by atoms with Gasteiger partial charge >= 0.3 is 0 Å². The fraction of sp³-hybridized carbons (Fsp3) is 0.357. The normalized spacial score (nSPS) is 15.1. The van der Waals surface area contributed by atoms with Crippen LogP contribution >= 0.6 is 0 Å². The van der Waals surface area contributed by atoms with Crippen LogP contribution in [0.1, 0.15) is 56.2 Å². The molecule has 1 fully saturated rings. The summed E-state index contributed by atoms with van der Waals surface area (Å²) >= 11 is 0. The average Bonchev–Trinajstić information content (AvgIpc) is 3.68. The molecule has 11 nitrogen and oxygen atoms in total. The van der Waals surface area contributed by atoms with E-state index in [-0.39, 0.29) is 24.3 Å². The van der Waals surface area contributed by atoms with Crippen molar-refractivity contribution in [1.29, 1.82) is 0 Å². The minimum atomic E-state index is -0.554. The highest BCUT2D eigenvalue weighted by molar-refractivity contribution is 6.00. The summed E-state index contributed by atoms with van der Waals surface area (Å²) in [5, 5.41) is 17.8. The molecule has 1 saturated heterocycles. The largest absolute Gasteiger partial charge is 0.363 e. The number of aromatic nitrogens is 5. The van der Waals surface area contributed by atoms with Gasteiger partial charge in [-0.25, -0.2) is 9.37 Å². The van der Waals surface area contributed by atoms with E-state index in [2.05, 4.69) is 47.8 Å². The zero-order valence-corrected chi connectivity index (χ0v) is 22.6. The van der Waals surface area contributed by atoms with Gasteiger partial charge in [-0.2, -0.15) is 10.1 Å². The Bertz CT molecular complexity index is 1640. The first-order valence-electron chi connectivity index (χ1n) is 12.9. The fourth-order valence-electron chi connectivity index (χ4n) is 4.47. The number of hydrogen-bond acceptors (Lipinski definition) is 8. The van der Waals surface area contributed by atoms with Crippen molar-refractivity contribution < 1.29 is 18.5 Å². The van der Waals surface area contributed by atoms with Gasteiger partial charge in [-0.3, -0.25) is 14.7 Å². The molecule has 2 amide bonds. The van der Waals surface area contributed by atoms with Gasteiger partial charge in [0.1, 0.15) is 5.82 Å². The lowest BCUT2D eigenvalue weighted by Crippen LogP contribution is -2.30. The quantitative estimate of drug-likeness (QED) is 0.314. The maximum absolute atomic E-state index is 15.2. The summed E-state index contributed by atoms with van der Waals surface area (Å²) in [4.78, 5) is 34.8. The molecule has 1 atom stereocenters. The van der Waals surface area contributed by atoms with Crippen molar-refractivity contribution >= 4 is 28.7 Å². The Morgan fingerprint density at radius 3 is 2.83 bits per heavy atom. The Morgan fingerprint density at radius 2 is 2.10 bits per heavy atom. The van der Waals surface area contributed by atoms with Gasteiger partial charge in [0.2, 0.25) is 5.89 Å². The Kier molecular flexibility index (Phi) is 7.21. The first kappa shape index (κ1) is 26.8. The van der Waals surface area contributed by atoms with Gasteiger partial charge in [-0.15, -0.1) is 0 Å². The summed E-state index contributed by atoms with van der Waals surface area (Å²) in [6, 6.07) is 6.60. The van der Waals surface area contributed by atoms with Crippen LogP contribution in [0.2, 0.25) is 0 Å². The van der Waals surface area contributed by atoms with Gasteiger partial charge in [0.05, 0.1) is 5.39 Å². The Labute approximate surface area is 229 Å². The van der Waals surface area contributed by atoms with Crippen molar-refractivity contribution in [2.24, 2.45) is 0 Å². The molecule has 0 spiro atoms. The van der Waals surface area contributed by atoms with Crippen molar-refractivity contribution in [3.8, 4) is 23.0 Å². The standard InChI is InChI=1S/C28H29FN8O3/c1-5-6-21(38)37-12-10-18(15-37)32-24-22-19(9-11-30-23(22)34-35-24)16-7-8-17(20(29)13-16)14-31-26(39)25-33-27(40-36-25)28(2,3)4/h7-9,11,13,18H,10,12,14-15H2,1-4H3,(H,31,39)(H2,30,32,34,35)/t18-/m1/s1. The van der Waals surface area contributed by atoms with Crippen LogP contribution in [0.25, 0.3) is 22.2 Å². The van der Waals surface area contributed by atoms with Crippen LogP contribution in [0, 0.1) is 17.7 Å². The summed E-state index contributed by atoms with van der Waals surface area (Å²) in [7, 11) is 0. The van der Waals surface area contributed by atoms with Crippen LogP contribution in [-0.4, -0.2) is 61.2 Å². The molecular formula is C28H29FN8O3. The number of pyridine rings is 1. The van der Waals surface area contributed by atoms with E-state index in [1.54, 1.807) is 36.2 Å². The predicted molar refractivity (Wildman–Crippen MR) is 146 cm³/mol. The minimum Gasteiger partial charge on any atom is -0.363 e. The van der Waals surface area contributed by atoms with Crippen molar-refractivity contribution in [2.45, 2.75) is 52.1 Å². The monoisotopic (exact) mass is 544 g/mol. The third-order valence-electron chi connectivity index (χ3n) is 6.58. The number of fused-ring (bicyclic) bond motifs is 1. The number of hydrogen-bond donors (Lipinski definition) is 3. The molecule has 1 aromatic carbocycles. The number of H-pyrrole nitrogens is 1. The van der Waals surface area contributed by atoms with Gasteiger partial charge in [-0.05, 0) is 42.5 Å². The Balaban J connectivity index is 1.31. The minimum absolute atomic E-state index is 0.0106. The smallest absolute Gasteiger partial charge is 0.298 e. The second-order valence-electron chi connectivity index (χ2n) is 10.6. The molecule has 0 saturated carbocycles. The fourth-order valence-corrected chi connectivity index (χ4v) is 4.47. The number of amides is 2. The van der Waals surface area contributed by atoms with Crippen LogP contribution in [0.15, 0.2) is 35.0 Å². The lowest BCUT2D eigenvalue weighted by Gasteiger charge is -2.15. The van der Waals surface area contributed by atoms with Gasteiger partial charge in [0.25, 0.3) is 17.6 Å². The summed E-state index contributed by atoms with van der Waals surface area (Å²) in [6.07, 6.45) is 2.37. The van der Waals surface area contributed by atoms with Gasteiger partial charge in [-0.1, -0.05) is 44.0 Å². The number of halogens is 1. The molecule has 1 aliphatic rings. The van der Waals surface area contributed by atoms with Crippen molar-refractivity contribution in [1.82, 2.24) is 35.5 Å². The van der Waals surface area contributed by atoms with E-state index < -0.39 is 17.1 Å². The molecule has 0 radical (unpaired) electrons. The molecule has 4 heterocycles. The van der Waals surface area contributed by atoms with E-state index in [1.165, 1.54) is 6.07 Å². The molecule has 3 N–H and O–H groups in total. The molecule has 1 aliphatic heterocycles. The van der Waals surface area contributed by atoms with Crippen molar-refractivity contribution in [2.75, 3.05) is 18.4 Å². The van der Waals surface area contributed by atoms with Crippen molar-refractivity contribution in [3.63, 3.8) is 0 Å². The van der Waals surface area contributed by atoms with E-state index >= 15 is 4.39 Å². The first-order chi connectivity index (χ1) is 19.1. The third-order valence-corrected chi connectivity index (χ3v) is 6.58. The second kappa shape index (κ2) is 10.8. The molecule has 206 valence electrons. The van der Waals surface area contributed by atoms with Crippen LogP contribution < -0.4 is 10.6 Å². The zero-order valence-electron chi connectivity index (χ0n) is 22.6. The number of nitrogens with one attached hydrogen (secondary N) is 3. The summed E-state index contributed by atoms with van der Waals surface area (Å²) < 4.78 is 20.3. The molecular weight excluding hydrogens is 515 g/mol. The SMILES string of the molecule is CC#CC(=O)N1CC[C@@H](Nc2n[nH]c3nccc(-c4ccc(CNC(=O)c5noc(C(C)(C)C)n5)c(F)c4)c23)C1. The number of anilines is 1. The number of likely N-dealkylation sites (tertiary alicyclic amines) is 1. The molecule has 5 rings (SSSR count). The highest BCUT2D eigenvalue weighted by Gasteiger charge is 2.27. The number of carbonyl (C=O) groups is 2. The summed E-state index contributed by atoms with van der Waals surface area (Å²) in [6.45, 7) is 8.39. The number of benzene rings is 1. The maximum atomic E-state index is 15.2. The van der Waals surface area contributed by atoms with Crippen LogP contribution in [0.4, 0.5) is 10.2 Å². The highest BCUT2D eigenvalue weighted by atomic mass is 19.1. The van der Waals surface area contributed by atoms with Gasteiger partial charge in [0.15, 0.2) is 11.5 Å². The molecule has 40 heavy (non-hydrogen) atoms. The predicted octanol–water partition coefficient (Wildman–Crippen LogP) is 3.41. The Hall–Kier alpha value is -4.79. The lowest BCUT2D eigenvalue weighted by molar-refractivity contribution is -0.124. The third kappa shape index (κ3) is 5.49. The second-order valence-corrected chi connectivity index (χ2v) is 10.6. The van der Waals surface area contributed by atoms with Gasteiger partial charge < -0.3 is 20.1 Å². The average molecular weight is 545 g/mol. The van der Waals surface area contributed by atoms with Gasteiger partial charge in [0, 0.05) is 42.9 Å². The zero-order chi connectivity index (χ0) is 28.4. The lowest BCUT2D eigenvalue weighted by atomic mass is 9.97. The van der Waals surface area contributed by atoms with Crippen LogP contribution in [0.5, 0.6) is 0 Å². The summed E-state index contributed by atoms with van der Waals surface area (Å²) in [5.74, 6) is 4.80. The number of carbonyl (C=O) groups excluding carboxylic acids is 2. The topological polar surface area (TPSA) is 142 Å². The summed E-state index contributed by atoms with van der Waals surface area (Å²) in [5.41, 5.74) is 1.82. The van der Waals surface area contributed by atoms with E-state index in [1.807, 2.05) is 20.8 Å². The molecule has 12 heteroatoms. The number of nitrogens with zero attached hydrogens (tertiary/aromatic N) is 5. The molecule has 3 aromatic heterocycles. The van der Waals surface area contributed by atoms with Crippen molar-refractivity contribution in [3.05, 3.63) is 53.6 Å². The number of rotatable bonds is 6.